The lowest BCUT2D eigenvalue weighted by Crippen LogP contribution is -2.23. The first kappa shape index (κ1) is 20.3. The third-order valence-corrected chi connectivity index (χ3v) is 6.35. The van der Waals surface area contributed by atoms with E-state index < -0.39 is 0 Å². The van der Waals surface area contributed by atoms with Crippen LogP contribution in [0, 0.1) is 12.8 Å². The lowest BCUT2D eigenvalue weighted by molar-refractivity contribution is 0.0947. The average Bonchev–Trinajstić information content (AvgIpc) is 3.14. The molecule has 4 rings (SSSR count). The number of fused-ring (bicyclic) bond motifs is 1. The normalized spacial score (nSPS) is 18.7. The maximum absolute atomic E-state index is 13.3. The SMILES string of the molecule is Cc1ccccc1-c1nn(C(=O)/C=C/c2ccccc2)c2c1C(C)CCC2C(C)C. The van der Waals surface area contributed by atoms with E-state index in [2.05, 4.69) is 52.0 Å². The molecule has 0 aliphatic heterocycles. The van der Waals surface area contributed by atoms with Gasteiger partial charge >= 0.3 is 0 Å². The molecule has 0 amide bonds. The molecule has 2 unspecified atom stereocenters. The minimum Gasteiger partial charge on any atom is -0.267 e. The number of carbonyl (C=O) groups is 1. The molecule has 0 saturated carbocycles. The number of benzene rings is 2. The van der Waals surface area contributed by atoms with Gasteiger partial charge in [-0.1, -0.05) is 75.4 Å². The lowest BCUT2D eigenvalue weighted by atomic mass is 9.75. The van der Waals surface area contributed by atoms with E-state index in [0.29, 0.717) is 17.8 Å². The fraction of sp³-hybridized carbons (Fsp3) is 0.333. The number of nitrogens with zero attached hydrogens (tertiary/aromatic N) is 2. The van der Waals surface area contributed by atoms with Crippen molar-refractivity contribution >= 4 is 12.0 Å². The summed E-state index contributed by atoms with van der Waals surface area (Å²) in [6.45, 7) is 8.89. The highest BCUT2D eigenvalue weighted by Crippen LogP contribution is 2.46. The third kappa shape index (κ3) is 3.77. The van der Waals surface area contributed by atoms with E-state index in [4.69, 9.17) is 5.10 Å². The summed E-state index contributed by atoms with van der Waals surface area (Å²) in [4.78, 5) is 13.3. The van der Waals surface area contributed by atoms with Crippen molar-refractivity contribution in [1.82, 2.24) is 9.78 Å². The van der Waals surface area contributed by atoms with Crippen LogP contribution in [0.15, 0.2) is 60.7 Å². The molecule has 0 bridgehead atoms. The van der Waals surface area contributed by atoms with Gasteiger partial charge in [-0.05, 0) is 48.8 Å². The van der Waals surface area contributed by atoms with Crippen molar-refractivity contribution < 1.29 is 4.79 Å². The third-order valence-electron chi connectivity index (χ3n) is 6.35. The summed E-state index contributed by atoms with van der Waals surface area (Å²) in [6.07, 6.45) is 5.76. The van der Waals surface area contributed by atoms with Crippen molar-refractivity contribution in [3.8, 4) is 11.3 Å². The fourth-order valence-electron chi connectivity index (χ4n) is 4.65. The van der Waals surface area contributed by atoms with E-state index in [1.54, 1.807) is 10.8 Å². The number of hydrogen-bond acceptors (Lipinski definition) is 2. The van der Waals surface area contributed by atoms with Crippen LogP contribution in [-0.4, -0.2) is 15.7 Å². The van der Waals surface area contributed by atoms with Crippen LogP contribution in [0.4, 0.5) is 0 Å². The monoisotopic (exact) mass is 398 g/mol. The Morgan fingerprint density at radius 3 is 2.47 bits per heavy atom. The predicted octanol–water partition coefficient (Wildman–Crippen LogP) is 6.85. The van der Waals surface area contributed by atoms with Gasteiger partial charge in [0.1, 0.15) is 0 Å². The summed E-state index contributed by atoms with van der Waals surface area (Å²) in [5.41, 5.74) is 6.68. The fourth-order valence-corrected chi connectivity index (χ4v) is 4.65. The van der Waals surface area contributed by atoms with E-state index >= 15 is 0 Å². The number of aromatic nitrogens is 2. The van der Waals surface area contributed by atoms with Crippen molar-refractivity contribution in [1.29, 1.82) is 0 Å². The summed E-state index contributed by atoms with van der Waals surface area (Å²) in [6, 6.07) is 18.3. The molecule has 1 heterocycles. The highest BCUT2D eigenvalue weighted by Gasteiger charge is 2.35. The van der Waals surface area contributed by atoms with Crippen LogP contribution < -0.4 is 0 Å². The van der Waals surface area contributed by atoms with Crippen molar-refractivity contribution in [2.24, 2.45) is 5.92 Å². The predicted molar refractivity (Wildman–Crippen MR) is 124 cm³/mol. The van der Waals surface area contributed by atoms with Crippen molar-refractivity contribution in [3.05, 3.63) is 83.1 Å². The standard InChI is InChI=1S/C27H30N2O/c1-18(2)22-16-14-20(4)25-26(23-13-9-8-10-19(23)3)28-29(27(22)25)24(30)17-15-21-11-6-5-7-12-21/h5-13,15,17-18,20,22H,14,16H2,1-4H3/b17-15+. The molecule has 3 heteroatoms. The first-order valence-corrected chi connectivity index (χ1v) is 10.9. The highest BCUT2D eigenvalue weighted by atomic mass is 16.2. The van der Waals surface area contributed by atoms with E-state index in [9.17, 15) is 4.79 Å². The zero-order chi connectivity index (χ0) is 21.3. The molecule has 2 aromatic carbocycles. The molecular formula is C27H30N2O. The summed E-state index contributed by atoms with van der Waals surface area (Å²) >= 11 is 0. The van der Waals surface area contributed by atoms with Gasteiger partial charge in [-0.2, -0.15) is 5.10 Å². The molecule has 3 nitrogen and oxygen atoms in total. The highest BCUT2D eigenvalue weighted by molar-refractivity contribution is 5.94. The van der Waals surface area contributed by atoms with Crippen LogP contribution in [0.2, 0.25) is 0 Å². The zero-order valence-electron chi connectivity index (χ0n) is 18.3. The molecule has 154 valence electrons. The molecule has 1 aliphatic carbocycles. The Hall–Kier alpha value is -2.94. The Morgan fingerprint density at radius 1 is 1.07 bits per heavy atom. The molecule has 3 aromatic rings. The summed E-state index contributed by atoms with van der Waals surface area (Å²) < 4.78 is 1.69. The van der Waals surface area contributed by atoms with Gasteiger partial charge in [0, 0.05) is 23.1 Å². The Kier molecular flexibility index (Phi) is 5.72. The molecule has 2 atom stereocenters. The van der Waals surface area contributed by atoms with Crippen LogP contribution in [0.5, 0.6) is 0 Å². The van der Waals surface area contributed by atoms with Crippen LogP contribution in [-0.2, 0) is 0 Å². The van der Waals surface area contributed by atoms with Gasteiger partial charge in [0.15, 0.2) is 0 Å². The van der Waals surface area contributed by atoms with Crippen LogP contribution >= 0.6 is 0 Å². The van der Waals surface area contributed by atoms with Gasteiger partial charge in [-0.3, -0.25) is 4.79 Å². The average molecular weight is 399 g/mol. The minimum absolute atomic E-state index is 0.0744. The smallest absolute Gasteiger partial charge is 0.267 e. The lowest BCUT2D eigenvalue weighted by Gasteiger charge is -2.30. The summed E-state index contributed by atoms with van der Waals surface area (Å²) in [5.74, 6) is 1.12. The van der Waals surface area contributed by atoms with Crippen LogP contribution in [0.1, 0.15) is 72.6 Å². The van der Waals surface area contributed by atoms with Crippen molar-refractivity contribution in [2.75, 3.05) is 0 Å². The van der Waals surface area contributed by atoms with E-state index in [1.165, 1.54) is 11.1 Å². The van der Waals surface area contributed by atoms with Gasteiger partial charge in [0.25, 0.3) is 5.91 Å². The second-order valence-corrected chi connectivity index (χ2v) is 8.79. The minimum atomic E-state index is -0.0744. The second-order valence-electron chi connectivity index (χ2n) is 8.79. The number of hydrogen-bond donors (Lipinski definition) is 0. The zero-order valence-corrected chi connectivity index (χ0v) is 18.3. The Labute approximate surface area is 179 Å². The number of aryl methyl sites for hydroxylation is 1. The van der Waals surface area contributed by atoms with Gasteiger partial charge < -0.3 is 0 Å². The maximum Gasteiger partial charge on any atom is 0.271 e. The number of allylic oxidation sites excluding steroid dienone is 1. The first-order chi connectivity index (χ1) is 14.5. The molecular weight excluding hydrogens is 368 g/mol. The van der Waals surface area contributed by atoms with Crippen LogP contribution in [0.25, 0.3) is 17.3 Å². The molecule has 1 aliphatic rings. The summed E-state index contributed by atoms with van der Waals surface area (Å²) in [5, 5.41) is 4.93. The molecule has 0 saturated heterocycles. The quantitative estimate of drug-likeness (QED) is 0.451. The van der Waals surface area contributed by atoms with Gasteiger partial charge in [0.05, 0.1) is 11.4 Å². The van der Waals surface area contributed by atoms with Crippen molar-refractivity contribution in [2.45, 2.75) is 52.4 Å². The van der Waals surface area contributed by atoms with E-state index in [-0.39, 0.29) is 5.91 Å². The number of carbonyl (C=O) groups excluding carboxylic acids is 1. The Balaban J connectivity index is 1.86. The van der Waals surface area contributed by atoms with Gasteiger partial charge in [-0.25, -0.2) is 4.68 Å². The maximum atomic E-state index is 13.3. The Bertz CT molecular complexity index is 1080. The Morgan fingerprint density at radius 2 is 1.77 bits per heavy atom. The molecule has 30 heavy (non-hydrogen) atoms. The molecule has 0 N–H and O–H groups in total. The largest absolute Gasteiger partial charge is 0.271 e. The second kappa shape index (κ2) is 8.43. The molecule has 1 aromatic heterocycles. The molecule has 0 fully saturated rings. The number of rotatable bonds is 4. The van der Waals surface area contributed by atoms with Gasteiger partial charge in [0.2, 0.25) is 0 Å². The molecule has 0 radical (unpaired) electrons. The topological polar surface area (TPSA) is 34.9 Å². The summed E-state index contributed by atoms with van der Waals surface area (Å²) in [7, 11) is 0. The van der Waals surface area contributed by atoms with Crippen molar-refractivity contribution in [3.63, 3.8) is 0 Å². The molecule has 0 spiro atoms. The van der Waals surface area contributed by atoms with E-state index in [0.717, 1.165) is 35.4 Å². The van der Waals surface area contributed by atoms with Crippen LogP contribution in [0.3, 0.4) is 0 Å². The first-order valence-electron chi connectivity index (χ1n) is 10.9. The van der Waals surface area contributed by atoms with Gasteiger partial charge in [-0.15, -0.1) is 0 Å². The van der Waals surface area contributed by atoms with E-state index in [1.807, 2.05) is 36.4 Å².